The summed E-state index contributed by atoms with van der Waals surface area (Å²) in [6.45, 7) is -0.214. The number of nitrogens with one attached hydrogen (secondary N) is 1. The number of rotatable bonds is 1. The second-order valence-electron chi connectivity index (χ2n) is 3.79. The molecule has 4 N–H and O–H groups in total. The van der Waals surface area contributed by atoms with Crippen molar-refractivity contribution in [3.05, 3.63) is 33.1 Å². The van der Waals surface area contributed by atoms with Gasteiger partial charge in [0.15, 0.2) is 6.23 Å². The van der Waals surface area contributed by atoms with E-state index in [4.69, 9.17) is 4.74 Å². The minimum absolute atomic E-state index is 0.214. The van der Waals surface area contributed by atoms with Gasteiger partial charge in [0.05, 0.1) is 6.61 Å². The Bertz CT molecular complexity index is 509. The van der Waals surface area contributed by atoms with E-state index in [9.17, 15) is 24.9 Å². The zero-order valence-corrected chi connectivity index (χ0v) is 8.68. The summed E-state index contributed by atoms with van der Waals surface area (Å²) in [6, 6.07) is 1.09. The van der Waals surface area contributed by atoms with E-state index in [1.807, 2.05) is 4.98 Å². The van der Waals surface area contributed by atoms with Crippen molar-refractivity contribution in [1.29, 1.82) is 0 Å². The first-order valence-corrected chi connectivity index (χ1v) is 4.98. The average molecular weight is 244 g/mol. The van der Waals surface area contributed by atoms with Crippen LogP contribution in [0.15, 0.2) is 21.9 Å². The number of aliphatic hydroxyl groups excluding tert-OH is 3. The molecular weight excluding hydrogens is 232 g/mol. The van der Waals surface area contributed by atoms with E-state index < -0.39 is 35.8 Å². The quantitative estimate of drug-likeness (QED) is 0.421. The largest absolute Gasteiger partial charge is 0.388 e. The van der Waals surface area contributed by atoms with Crippen LogP contribution in [0, 0.1) is 0 Å². The van der Waals surface area contributed by atoms with E-state index in [1.54, 1.807) is 0 Å². The normalized spacial score (nSPS) is 33.6. The molecule has 94 valence electrons. The summed E-state index contributed by atoms with van der Waals surface area (Å²) in [5, 5.41) is 28.4. The minimum atomic E-state index is -1.46. The van der Waals surface area contributed by atoms with E-state index in [0.717, 1.165) is 16.8 Å². The first-order chi connectivity index (χ1) is 8.00. The first-order valence-electron chi connectivity index (χ1n) is 4.98. The molecular formula is C9H12N2O6. The molecule has 1 aliphatic rings. The van der Waals surface area contributed by atoms with Crippen molar-refractivity contribution in [2.45, 2.75) is 24.5 Å². The molecule has 17 heavy (non-hydrogen) atoms. The molecule has 8 nitrogen and oxygen atoms in total. The van der Waals surface area contributed by atoms with Gasteiger partial charge in [-0.2, -0.15) is 0 Å². The van der Waals surface area contributed by atoms with Crippen LogP contribution in [0.2, 0.25) is 0 Å². The minimum Gasteiger partial charge on any atom is -0.388 e. The zero-order chi connectivity index (χ0) is 12.6. The van der Waals surface area contributed by atoms with Crippen LogP contribution in [0.25, 0.3) is 0 Å². The van der Waals surface area contributed by atoms with E-state index in [-0.39, 0.29) is 6.61 Å². The van der Waals surface area contributed by atoms with Gasteiger partial charge in [-0.25, -0.2) is 4.79 Å². The third kappa shape index (κ3) is 2.15. The fourth-order valence-corrected chi connectivity index (χ4v) is 1.66. The molecule has 1 saturated heterocycles. The maximum Gasteiger partial charge on any atom is 0.330 e. The van der Waals surface area contributed by atoms with Gasteiger partial charge < -0.3 is 20.1 Å². The van der Waals surface area contributed by atoms with Gasteiger partial charge in [0.2, 0.25) is 0 Å². The number of aromatic amines is 1. The maximum absolute atomic E-state index is 11.4. The number of hydrogen-bond acceptors (Lipinski definition) is 6. The Hall–Kier alpha value is -1.48. The Kier molecular flexibility index (Phi) is 3.11. The number of hydrogen-bond donors (Lipinski definition) is 4. The topological polar surface area (TPSA) is 125 Å². The van der Waals surface area contributed by atoms with Crippen LogP contribution in [0.4, 0.5) is 0 Å². The van der Waals surface area contributed by atoms with E-state index in [0.29, 0.717) is 0 Å². The number of aromatic nitrogens is 2. The zero-order valence-electron chi connectivity index (χ0n) is 8.68. The van der Waals surface area contributed by atoms with Crippen LogP contribution >= 0.6 is 0 Å². The molecule has 0 saturated carbocycles. The molecule has 1 aromatic heterocycles. The molecule has 0 bridgehead atoms. The summed E-state index contributed by atoms with van der Waals surface area (Å²) in [7, 11) is 0. The monoisotopic (exact) mass is 244 g/mol. The highest BCUT2D eigenvalue weighted by Gasteiger charge is 2.38. The van der Waals surface area contributed by atoms with Gasteiger partial charge in [0, 0.05) is 12.3 Å². The molecule has 0 spiro atoms. The standard InChI is InChI=1S/C9H12N2O6/c12-4-3-17-8(7(15)6(4)14)11-2-1-5(13)10-9(11)16/h1-2,4,6-8,12,14-15H,3H2,(H,10,13,16)/t4-,6-,7-,8+/m1/s1. The van der Waals surface area contributed by atoms with Crippen LogP contribution in [0.1, 0.15) is 6.23 Å². The Morgan fingerprint density at radius 2 is 2.00 bits per heavy atom. The van der Waals surface area contributed by atoms with E-state index >= 15 is 0 Å². The molecule has 8 heteroatoms. The van der Waals surface area contributed by atoms with Gasteiger partial charge in [-0.3, -0.25) is 14.3 Å². The molecule has 0 unspecified atom stereocenters. The van der Waals surface area contributed by atoms with Crippen molar-refractivity contribution in [2.24, 2.45) is 0 Å². The van der Waals surface area contributed by atoms with Crippen molar-refractivity contribution in [1.82, 2.24) is 9.55 Å². The average Bonchev–Trinajstić information content (AvgIpc) is 2.28. The fourth-order valence-electron chi connectivity index (χ4n) is 1.66. The third-order valence-electron chi connectivity index (χ3n) is 2.60. The summed E-state index contributed by atoms with van der Waals surface area (Å²) in [4.78, 5) is 24.3. The second-order valence-corrected chi connectivity index (χ2v) is 3.79. The maximum atomic E-state index is 11.4. The Morgan fingerprint density at radius 1 is 1.29 bits per heavy atom. The highest BCUT2D eigenvalue weighted by Crippen LogP contribution is 2.22. The predicted molar refractivity (Wildman–Crippen MR) is 54.3 cm³/mol. The number of ether oxygens (including phenoxy) is 1. The molecule has 0 aliphatic carbocycles. The highest BCUT2D eigenvalue weighted by atomic mass is 16.5. The van der Waals surface area contributed by atoms with E-state index in [1.165, 1.54) is 0 Å². The highest BCUT2D eigenvalue weighted by molar-refractivity contribution is 4.90. The summed E-state index contributed by atoms with van der Waals surface area (Å²) < 4.78 is 6.01. The van der Waals surface area contributed by atoms with Crippen molar-refractivity contribution in [3.8, 4) is 0 Å². The van der Waals surface area contributed by atoms with Gasteiger partial charge in [0.25, 0.3) is 5.56 Å². The summed E-state index contributed by atoms with van der Waals surface area (Å²) in [5.41, 5.74) is -1.33. The Morgan fingerprint density at radius 3 is 2.65 bits per heavy atom. The van der Waals surface area contributed by atoms with Crippen LogP contribution in [0.3, 0.4) is 0 Å². The molecule has 1 fully saturated rings. The van der Waals surface area contributed by atoms with Crippen LogP contribution in [-0.4, -0.2) is 49.8 Å². The number of H-pyrrole nitrogens is 1. The fraction of sp³-hybridized carbons (Fsp3) is 0.556. The third-order valence-corrected chi connectivity index (χ3v) is 2.60. The first kappa shape index (κ1) is 12.0. The van der Waals surface area contributed by atoms with Crippen molar-refractivity contribution >= 4 is 0 Å². The SMILES string of the molecule is O=c1ccn([C@H]2OC[C@@H](O)[C@@H](O)[C@H]2O)c(=O)[nH]1. The van der Waals surface area contributed by atoms with E-state index in [2.05, 4.69) is 0 Å². The molecule has 0 radical (unpaired) electrons. The summed E-state index contributed by atoms with van der Waals surface area (Å²) >= 11 is 0. The lowest BCUT2D eigenvalue weighted by Crippen LogP contribution is -2.52. The molecule has 0 amide bonds. The number of nitrogens with zero attached hydrogens (tertiary/aromatic N) is 1. The molecule has 1 aliphatic heterocycles. The molecule has 2 heterocycles. The smallest absolute Gasteiger partial charge is 0.330 e. The molecule has 2 rings (SSSR count). The second kappa shape index (κ2) is 4.41. The van der Waals surface area contributed by atoms with Crippen molar-refractivity contribution in [2.75, 3.05) is 6.61 Å². The lowest BCUT2D eigenvalue weighted by molar-refractivity contribution is -0.212. The van der Waals surface area contributed by atoms with Gasteiger partial charge in [-0.1, -0.05) is 0 Å². The molecule has 4 atom stereocenters. The van der Waals surface area contributed by atoms with Gasteiger partial charge in [0.1, 0.15) is 18.3 Å². The Balaban J connectivity index is 2.34. The lowest BCUT2D eigenvalue weighted by atomic mass is 10.0. The van der Waals surface area contributed by atoms with Crippen LogP contribution < -0.4 is 11.2 Å². The van der Waals surface area contributed by atoms with Gasteiger partial charge in [-0.15, -0.1) is 0 Å². The van der Waals surface area contributed by atoms with Gasteiger partial charge >= 0.3 is 5.69 Å². The Labute approximate surface area is 94.7 Å². The lowest BCUT2D eigenvalue weighted by Gasteiger charge is -2.35. The van der Waals surface area contributed by atoms with Crippen molar-refractivity contribution < 1.29 is 20.1 Å². The predicted octanol–water partition coefficient (Wildman–Crippen LogP) is -2.85. The van der Waals surface area contributed by atoms with Crippen molar-refractivity contribution in [3.63, 3.8) is 0 Å². The number of aliphatic hydroxyl groups is 3. The van der Waals surface area contributed by atoms with Crippen LogP contribution in [-0.2, 0) is 4.74 Å². The summed E-state index contributed by atoms with van der Waals surface area (Å²) in [5.74, 6) is 0. The summed E-state index contributed by atoms with van der Waals surface area (Å²) in [6.07, 6.45) is -4.06. The molecule has 1 aromatic rings. The molecule has 0 aromatic carbocycles. The van der Waals surface area contributed by atoms with Gasteiger partial charge in [-0.05, 0) is 0 Å². The van der Waals surface area contributed by atoms with Crippen LogP contribution in [0.5, 0.6) is 0 Å².